The fraction of sp³-hybridized carbons (Fsp3) is 0.417. The normalized spacial score (nSPS) is 9.93. The molecule has 3 heteroatoms. The number of nitrogens with one attached hydrogen (secondary N) is 1. The van der Waals surface area contributed by atoms with Gasteiger partial charge in [0.25, 0.3) is 0 Å². The third kappa shape index (κ3) is 4.61. The number of hydrogen-bond donors (Lipinski definition) is 1. The highest BCUT2D eigenvalue weighted by Crippen LogP contribution is 2.08. The van der Waals surface area contributed by atoms with E-state index in [1.807, 2.05) is 12.1 Å². The molecule has 1 N–H and O–H groups in total. The molecule has 82 valence electrons. The fourth-order valence-electron chi connectivity index (χ4n) is 1.19. The number of nitrogens with zero attached hydrogens (tertiary/aromatic N) is 1. The maximum atomic E-state index is 5.35. The average Bonchev–Trinajstić information content (AvgIpc) is 2.27. The standard InChI is InChI=1S/C12H18N2O/c1-3-6-13-10-11-5-7-14-12(9-11)15-8-4-2/h4-5,7,9,13H,2-3,6,8,10H2,1H3. The second kappa shape index (κ2) is 7.01. The molecule has 0 atom stereocenters. The molecule has 0 aliphatic rings. The third-order valence-electron chi connectivity index (χ3n) is 1.90. The minimum atomic E-state index is 0.499. The molecular formula is C12H18N2O. The largest absolute Gasteiger partial charge is 0.473 e. The van der Waals surface area contributed by atoms with E-state index in [0.717, 1.165) is 19.5 Å². The van der Waals surface area contributed by atoms with Crippen molar-refractivity contribution in [2.45, 2.75) is 19.9 Å². The van der Waals surface area contributed by atoms with Gasteiger partial charge >= 0.3 is 0 Å². The minimum absolute atomic E-state index is 0.499. The lowest BCUT2D eigenvalue weighted by molar-refractivity contribution is 0.348. The van der Waals surface area contributed by atoms with Gasteiger partial charge in [0.1, 0.15) is 6.61 Å². The van der Waals surface area contributed by atoms with Crippen molar-refractivity contribution < 1.29 is 4.74 Å². The SMILES string of the molecule is C=CCOc1cc(CNCCC)ccn1. The average molecular weight is 206 g/mol. The summed E-state index contributed by atoms with van der Waals surface area (Å²) in [6.45, 7) is 8.14. The molecule has 0 aliphatic heterocycles. The molecule has 0 saturated heterocycles. The number of ether oxygens (including phenoxy) is 1. The van der Waals surface area contributed by atoms with Crippen LogP contribution in [0.4, 0.5) is 0 Å². The van der Waals surface area contributed by atoms with Gasteiger partial charge in [-0.2, -0.15) is 0 Å². The van der Waals surface area contributed by atoms with Crippen molar-refractivity contribution in [2.75, 3.05) is 13.2 Å². The summed E-state index contributed by atoms with van der Waals surface area (Å²) < 4.78 is 5.35. The Kier molecular flexibility index (Phi) is 5.48. The van der Waals surface area contributed by atoms with Crippen molar-refractivity contribution in [3.63, 3.8) is 0 Å². The van der Waals surface area contributed by atoms with Gasteiger partial charge in [0.15, 0.2) is 0 Å². The van der Waals surface area contributed by atoms with E-state index in [9.17, 15) is 0 Å². The summed E-state index contributed by atoms with van der Waals surface area (Å²) in [4.78, 5) is 4.11. The van der Waals surface area contributed by atoms with Gasteiger partial charge in [0.2, 0.25) is 5.88 Å². The van der Waals surface area contributed by atoms with Crippen LogP contribution in [0.2, 0.25) is 0 Å². The van der Waals surface area contributed by atoms with Crippen molar-refractivity contribution in [1.82, 2.24) is 10.3 Å². The quantitative estimate of drug-likeness (QED) is 0.548. The number of hydrogen-bond acceptors (Lipinski definition) is 3. The molecular weight excluding hydrogens is 188 g/mol. The molecule has 0 bridgehead atoms. The predicted molar refractivity (Wildman–Crippen MR) is 61.9 cm³/mol. The first-order chi connectivity index (χ1) is 7.36. The lowest BCUT2D eigenvalue weighted by atomic mass is 10.2. The van der Waals surface area contributed by atoms with Crippen LogP contribution in [-0.2, 0) is 6.54 Å². The zero-order valence-corrected chi connectivity index (χ0v) is 9.20. The first-order valence-electron chi connectivity index (χ1n) is 5.26. The van der Waals surface area contributed by atoms with Gasteiger partial charge in [-0.05, 0) is 24.6 Å². The lowest BCUT2D eigenvalue weighted by Gasteiger charge is -2.05. The van der Waals surface area contributed by atoms with Crippen molar-refractivity contribution in [3.8, 4) is 5.88 Å². The van der Waals surface area contributed by atoms with Crippen LogP contribution in [0, 0.1) is 0 Å². The fourth-order valence-corrected chi connectivity index (χ4v) is 1.19. The van der Waals surface area contributed by atoms with Gasteiger partial charge in [-0.25, -0.2) is 4.98 Å². The maximum Gasteiger partial charge on any atom is 0.213 e. The molecule has 1 heterocycles. The Bertz CT molecular complexity index is 299. The van der Waals surface area contributed by atoms with Crippen LogP contribution >= 0.6 is 0 Å². The summed E-state index contributed by atoms with van der Waals surface area (Å²) in [6, 6.07) is 3.94. The van der Waals surface area contributed by atoms with E-state index < -0.39 is 0 Å². The summed E-state index contributed by atoms with van der Waals surface area (Å²) >= 11 is 0. The highest BCUT2D eigenvalue weighted by atomic mass is 16.5. The lowest BCUT2D eigenvalue weighted by Crippen LogP contribution is -2.13. The van der Waals surface area contributed by atoms with Crippen molar-refractivity contribution >= 4 is 0 Å². The number of pyridine rings is 1. The molecule has 0 aliphatic carbocycles. The van der Waals surface area contributed by atoms with E-state index in [1.165, 1.54) is 5.56 Å². The molecule has 1 aromatic heterocycles. The summed E-state index contributed by atoms with van der Waals surface area (Å²) in [5, 5.41) is 3.33. The van der Waals surface area contributed by atoms with E-state index in [1.54, 1.807) is 12.3 Å². The van der Waals surface area contributed by atoms with Gasteiger partial charge in [0, 0.05) is 18.8 Å². The molecule has 0 saturated carbocycles. The second-order valence-corrected chi connectivity index (χ2v) is 3.28. The monoisotopic (exact) mass is 206 g/mol. The minimum Gasteiger partial charge on any atom is -0.473 e. The molecule has 1 aromatic rings. The molecule has 0 fully saturated rings. The van der Waals surface area contributed by atoms with Crippen molar-refractivity contribution in [3.05, 3.63) is 36.5 Å². The molecule has 3 nitrogen and oxygen atoms in total. The van der Waals surface area contributed by atoms with Crippen molar-refractivity contribution in [1.29, 1.82) is 0 Å². The van der Waals surface area contributed by atoms with E-state index in [2.05, 4.69) is 23.8 Å². The van der Waals surface area contributed by atoms with Crippen LogP contribution < -0.4 is 10.1 Å². The molecule has 0 unspecified atom stereocenters. The molecule has 0 aromatic carbocycles. The Morgan fingerprint density at radius 1 is 1.60 bits per heavy atom. The zero-order chi connectivity index (χ0) is 10.9. The van der Waals surface area contributed by atoms with E-state index in [4.69, 9.17) is 4.74 Å². The van der Waals surface area contributed by atoms with Gasteiger partial charge in [-0.1, -0.05) is 19.6 Å². The highest BCUT2D eigenvalue weighted by Gasteiger charge is 1.96. The highest BCUT2D eigenvalue weighted by molar-refractivity contribution is 5.20. The topological polar surface area (TPSA) is 34.1 Å². The van der Waals surface area contributed by atoms with Crippen LogP contribution in [0.25, 0.3) is 0 Å². The van der Waals surface area contributed by atoms with Gasteiger partial charge in [-0.3, -0.25) is 0 Å². The van der Waals surface area contributed by atoms with E-state index >= 15 is 0 Å². The van der Waals surface area contributed by atoms with Crippen molar-refractivity contribution in [2.24, 2.45) is 0 Å². The first kappa shape index (κ1) is 11.7. The van der Waals surface area contributed by atoms with Gasteiger partial charge in [0.05, 0.1) is 0 Å². The van der Waals surface area contributed by atoms with Crippen LogP contribution in [-0.4, -0.2) is 18.1 Å². The molecule has 0 radical (unpaired) electrons. The number of rotatable bonds is 7. The Morgan fingerprint density at radius 2 is 2.47 bits per heavy atom. The maximum absolute atomic E-state index is 5.35. The zero-order valence-electron chi connectivity index (χ0n) is 9.20. The number of aromatic nitrogens is 1. The Balaban J connectivity index is 2.46. The first-order valence-corrected chi connectivity index (χ1v) is 5.26. The molecule has 0 amide bonds. The third-order valence-corrected chi connectivity index (χ3v) is 1.90. The molecule has 0 spiro atoms. The summed E-state index contributed by atoms with van der Waals surface area (Å²) in [5.41, 5.74) is 1.19. The summed E-state index contributed by atoms with van der Waals surface area (Å²) in [7, 11) is 0. The van der Waals surface area contributed by atoms with Crippen LogP contribution in [0.5, 0.6) is 5.88 Å². The predicted octanol–water partition coefficient (Wildman–Crippen LogP) is 2.15. The second-order valence-electron chi connectivity index (χ2n) is 3.28. The van der Waals surface area contributed by atoms with Crippen LogP contribution in [0.15, 0.2) is 31.0 Å². The van der Waals surface area contributed by atoms with Crippen LogP contribution in [0.3, 0.4) is 0 Å². The molecule has 15 heavy (non-hydrogen) atoms. The van der Waals surface area contributed by atoms with Gasteiger partial charge in [-0.15, -0.1) is 0 Å². The Morgan fingerprint density at radius 3 is 3.20 bits per heavy atom. The van der Waals surface area contributed by atoms with Crippen LogP contribution in [0.1, 0.15) is 18.9 Å². The Labute approximate surface area is 91.2 Å². The van der Waals surface area contributed by atoms with E-state index in [-0.39, 0.29) is 0 Å². The summed E-state index contributed by atoms with van der Waals surface area (Å²) in [6.07, 6.45) is 4.62. The smallest absolute Gasteiger partial charge is 0.213 e. The summed E-state index contributed by atoms with van der Waals surface area (Å²) in [5.74, 6) is 0.658. The molecule has 1 rings (SSSR count). The van der Waals surface area contributed by atoms with Gasteiger partial charge < -0.3 is 10.1 Å². The Hall–Kier alpha value is -1.35. The van der Waals surface area contributed by atoms with E-state index in [0.29, 0.717) is 12.5 Å².